The van der Waals surface area contributed by atoms with Gasteiger partial charge in [-0.2, -0.15) is 0 Å². The van der Waals surface area contributed by atoms with Gasteiger partial charge in [0.25, 0.3) is 5.56 Å². The van der Waals surface area contributed by atoms with E-state index in [4.69, 9.17) is 9.72 Å². The highest BCUT2D eigenvalue weighted by Gasteiger charge is 2.35. The van der Waals surface area contributed by atoms with Crippen molar-refractivity contribution < 1.29 is 4.74 Å². The van der Waals surface area contributed by atoms with Crippen molar-refractivity contribution in [2.24, 2.45) is 0 Å². The molecule has 8 heteroatoms. The summed E-state index contributed by atoms with van der Waals surface area (Å²) in [4.78, 5) is 25.1. The molecule has 138 valence electrons. The van der Waals surface area contributed by atoms with Gasteiger partial charge in [-0.3, -0.25) is 9.36 Å². The van der Waals surface area contributed by atoms with E-state index in [2.05, 4.69) is 15.2 Å². The lowest BCUT2D eigenvalue weighted by atomic mass is 10.2. The predicted octanol–water partition coefficient (Wildman–Crippen LogP) is 1.80. The van der Waals surface area contributed by atoms with Gasteiger partial charge >= 0.3 is 0 Å². The number of rotatable bonds is 4. The Kier molecular flexibility index (Phi) is 3.86. The highest BCUT2D eigenvalue weighted by Crippen LogP contribution is 2.38. The molecule has 3 aliphatic rings. The Bertz CT molecular complexity index is 914. The number of fused-ring (bicyclic) bond motifs is 3. The Balaban J connectivity index is 1.73. The van der Waals surface area contributed by atoms with Gasteiger partial charge in [0, 0.05) is 37.3 Å². The van der Waals surface area contributed by atoms with E-state index in [0.717, 1.165) is 31.7 Å². The first kappa shape index (κ1) is 16.4. The molecule has 1 saturated carbocycles. The molecular formula is C18H23N5O2S. The molecule has 4 heterocycles. The molecule has 26 heavy (non-hydrogen) atoms. The summed E-state index contributed by atoms with van der Waals surface area (Å²) in [5.41, 5.74) is 0.666. The Morgan fingerprint density at radius 2 is 1.92 bits per heavy atom. The summed E-state index contributed by atoms with van der Waals surface area (Å²) in [7, 11) is 1.62. The van der Waals surface area contributed by atoms with Crippen molar-refractivity contribution in [3.63, 3.8) is 0 Å². The van der Waals surface area contributed by atoms with Gasteiger partial charge in [-0.1, -0.05) is 11.8 Å². The summed E-state index contributed by atoms with van der Waals surface area (Å²) in [5.74, 6) is 1.39. The lowest BCUT2D eigenvalue weighted by Crippen LogP contribution is -2.51. The van der Waals surface area contributed by atoms with E-state index in [0.29, 0.717) is 34.0 Å². The van der Waals surface area contributed by atoms with Crippen LogP contribution in [0.25, 0.3) is 10.9 Å². The number of hydrogen-bond donors (Lipinski definition) is 1. The maximum absolute atomic E-state index is 13.4. The topological polar surface area (TPSA) is 72.3 Å². The minimum absolute atomic E-state index is 0.0182. The molecule has 2 atom stereocenters. The monoisotopic (exact) mass is 373 g/mol. The van der Waals surface area contributed by atoms with Crippen molar-refractivity contribution in [2.45, 2.75) is 49.0 Å². The maximum Gasteiger partial charge on any atom is 0.266 e. The number of nitrogens with zero attached hydrogens (tertiary/aromatic N) is 4. The van der Waals surface area contributed by atoms with Crippen LogP contribution in [0.15, 0.2) is 16.0 Å². The second kappa shape index (κ2) is 6.13. The Labute approximate surface area is 156 Å². The van der Waals surface area contributed by atoms with Crippen LogP contribution < -0.4 is 20.5 Å². The smallest absolute Gasteiger partial charge is 0.266 e. The van der Waals surface area contributed by atoms with Gasteiger partial charge in [0.05, 0.1) is 12.6 Å². The molecule has 2 aromatic heterocycles. The summed E-state index contributed by atoms with van der Waals surface area (Å²) in [5, 5.41) is 4.98. The molecule has 1 N–H and O–H groups in total. The van der Waals surface area contributed by atoms with Gasteiger partial charge in [-0.05, 0) is 31.9 Å². The number of aromatic nitrogens is 3. The van der Waals surface area contributed by atoms with Gasteiger partial charge in [-0.15, -0.1) is 0 Å². The molecule has 0 aromatic carbocycles. The molecule has 2 bridgehead atoms. The van der Waals surface area contributed by atoms with Crippen LogP contribution in [0.5, 0.6) is 5.88 Å². The minimum Gasteiger partial charge on any atom is -0.482 e. The molecule has 0 amide bonds. The number of piperazine rings is 1. The summed E-state index contributed by atoms with van der Waals surface area (Å²) in [6.45, 7) is 1.79. The first-order valence-electron chi connectivity index (χ1n) is 9.24. The average Bonchev–Trinajstić information content (AvgIpc) is 3.44. The Morgan fingerprint density at radius 1 is 1.19 bits per heavy atom. The molecule has 5 rings (SSSR count). The molecular weight excluding hydrogens is 350 g/mol. The van der Waals surface area contributed by atoms with Crippen molar-refractivity contribution in [2.75, 3.05) is 31.4 Å². The van der Waals surface area contributed by atoms with Gasteiger partial charge in [0.2, 0.25) is 0 Å². The van der Waals surface area contributed by atoms with Crippen LogP contribution >= 0.6 is 11.8 Å². The fourth-order valence-electron chi connectivity index (χ4n) is 4.29. The molecule has 0 spiro atoms. The van der Waals surface area contributed by atoms with E-state index in [9.17, 15) is 4.79 Å². The van der Waals surface area contributed by atoms with E-state index >= 15 is 0 Å². The van der Waals surface area contributed by atoms with E-state index in [1.807, 2.05) is 12.3 Å². The molecule has 2 unspecified atom stereocenters. The lowest BCUT2D eigenvalue weighted by molar-refractivity contribution is 0.367. The van der Waals surface area contributed by atoms with Crippen LogP contribution in [0, 0.1) is 0 Å². The highest BCUT2D eigenvalue weighted by molar-refractivity contribution is 7.98. The van der Waals surface area contributed by atoms with Crippen molar-refractivity contribution in [1.29, 1.82) is 0 Å². The van der Waals surface area contributed by atoms with Crippen LogP contribution in [0.3, 0.4) is 0 Å². The first-order valence-corrected chi connectivity index (χ1v) is 10.5. The molecule has 0 radical (unpaired) electrons. The first-order chi connectivity index (χ1) is 12.7. The van der Waals surface area contributed by atoms with Crippen LogP contribution in [0.4, 0.5) is 5.82 Å². The SMILES string of the molecule is COc1cc2nc(SC)nc(N3CC4CCC(C3)N4)c2c(=O)n1C1CC1. The van der Waals surface area contributed by atoms with Gasteiger partial charge in [0.1, 0.15) is 11.2 Å². The lowest BCUT2D eigenvalue weighted by Gasteiger charge is -2.34. The van der Waals surface area contributed by atoms with Gasteiger partial charge in [0.15, 0.2) is 11.0 Å². The van der Waals surface area contributed by atoms with Crippen LogP contribution in [0.2, 0.25) is 0 Å². The highest BCUT2D eigenvalue weighted by atomic mass is 32.2. The van der Waals surface area contributed by atoms with Crippen molar-refractivity contribution in [3.05, 3.63) is 16.4 Å². The average molecular weight is 373 g/mol. The summed E-state index contributed by atoms with van der Waals surface area (Å²) in [6.07, 6.45) is 6.41. The Hall–Kier alpha value is -1.80. The molecule has 3 fully saturated rings. The van der Waals surface area contributed by atoms with Gasteiger partial charge < -0.3 is 15.0 Å². The number of hydrogen-bond acceptors (Lipinski definition) is 7. The van der Waals surface area contributed by atoms with Crippen LogP contribution in [0.1, 0.15) is 31.7 Å². The molecule has 2 saturated heterocycles. The minimum atomic E-state index is -0.0182. The van der Waals surface area contributed by atoms with E-state index in [-0.39, 0.29) is 11.6 Å². The fraction of sp³-hybridized carbons (Fsp3) is 0.611. The molecule has 1 aliphatic carbocycles. The normalized spacial score (nSPS) is 25.1. The van der Waals surface area contributed by atoms with E-state index in [1.54, 1.807) is 11.7 Å². The van der Waals surface area contributed by atoms with Crippen molar-refractivity contribution in [3.8, 4) is 5.88 Å². The third-order valence-electron chi connectivity index (χ3n) is 5.65. The zero-order valence-corrected chi connectivity index (χ0v) is 15.9. The van der Waals surface area contributed by atoms with E-state index in [1.165, 1.54) is 24.6 Å². The number of pyridine rings is 1. The van der Waals surface area contributed by atoms with Crippen LogP contribution in [-0.2, 0) is 0 Å². The summed E-state index contributed by atoms with van der Waals surface area (Å²) in [6, 6.07) is 3.12. The number of nitrogens with one attached hydrogen (secondary N) is 1. The third kappa shape index (κ3) is 2.58. The molecule has 2 aromatic rings. The predicted molar refractivity (Wildman–Crippen MR) is 103 cm³/mol. The number of methoxy groups -OCH3 is 1. The van der Waals surface area contributed by atoms with Crippen molar-refractivity contribution in [1.82, 2.24) is 19.9 Å². The van der Waals surface area contributed by atoms with Gasteiger partial charge in [-0.25, -0.2) is 9.97 Å². The second-order valence-corrected chi connectivity index (χ2v) is 8.20. The van der Waals surface area contributed by atoms with E-state index < -0.39 is 0 Å². The number of ether oxygens (including phenoxy) is 1. The number of thioether (sulfide) groups is 1. The third-order valence-corrected chi connectivity index (χ3v) is 6.20. The standard InChI is InChI=1S/C18H23N5O2S/c1-25-14-7-13-15(17(24)23(14)12-5-6-12)16(21-18(20-13)26-2)22-8-10-3-4-11(9-22)19-10/h7,10-12,19H,3-6,8-9H2,1-2H3. The molecule has 7 nitrogen and oxygen atoms in total. The fourth-order valence-corrected chi connectivity index (χ4v) is 4.65. The van der Waals surface area contributed by atoms with Crippen molar-refractivity contribution >= 4 is 28.5 Å². The summed E-state index contributed by atoms with van der Waals surface area (Å²) < 4.78 is 7.31. The molecule has 2 aliphatic heterocycles. The Morgan fingerprint density at radius 3 is 2.54 bits per heavy atom. The zero-order valence-electron chi connectivity index (χ0n) is 15.1. The quantitative estimate of drug-likeness (QED) is 0.647. The summed E-state index contributed by atoms with van der Waals surface area (Å²) >= 11 is 1.51. The maximum atomic E-state index is 13.4. The number of anilines is 1. The largest absolute Gasteiger partial charge is 0.482 e. The second-order valence-electron chi connectivity index (χ2n) is 7.43. The zero-order chi connectivity index (χ0) is 17.8. The van der Waals surface area contributed by atoms with Crippen LogP contribution in [-0.4, -0.2) is 53.1 Å².